The van der Waals surface area contributed by atoms with Gasteiger partial charge in [0.2, 0.25) is 0 Å². The van der Waals surface area contributed by atoms with Crippen molar-refractivity contribution < 1.29 is 0 Å². The number of hydrogen-bond donors (Lipinski definition) is 1. The molecule has 0 aliphatic carbocycles. The fourth-order valence-corrected chi connectivity index (χ4v) is 1.63. The number of aliphatic imine (C=N–C) groups is 1. The van der Waals surface area contributed by atoms with Crippen LogP contribution in [0.5, 0.6) is 0 Å². The van der Waals surface area contributed by atoms with Crippen LogP contribution in [-0.2, 0) is 0 Å². The molecule has 0 heterocycles. The quantitative estimate of drug-likeness (QED) is 0.563. The van der Waals surface area contributed by atoms with Crippen molar-refractivity contribution >= 4 is 5.84 Å². The van der Waals surface area contributed by atoms with Crippen LogP contribution in [0.2, 0.25) is 0 Å². The van der Waals surface area contributed by atoms with E-state index < -0.39 is 0 Å². The third-order valence-electron chi connectivity index (χ3n) is 2.95. The van der Waals surface area contributed by atoms with E-state index >= 15 is 0 Å². The molecule has 0 saturated carbocycles. The molecule has 0 fully saturated rings. The Labute approximate surface area is 95.4 Å². The molecule has 0 atom stereocenters. The van der Waals surface area contributed by atoms with E-state index in [0.717, 1.165) is 12.4 Å². The molecule has 0 saturated heterocycles. The van der Waals surface area contributed by atoms with E-state index in [2.05, 4.69) is 53.5 Å². The molecule has 0 spiro atoms. The summed E-state index contributed by atoms with van der Waals surface area (Å²) in [6.07, 6.45) is 0. The standard InChI is InChI=1S/C13H28N2/c1-9(2)11(10(3)4)8-15-12(14)13(5,6)7/h9-11H,8H2,1-7H3,(H2,14,15). The molecule has 0 bridgehead atoms. The fraction of sp³-hybridized carbons (Fsp3) is 0.923. The van der Waals surface area contributed by atoms with Crippen molar-refractivity contribution in [1.29, 1.82) is 0 Å². The summed E-state index contributed by atoms with van der Waals surface area (Å²) >= 11 is 0. The van der Waals surface area contributed by atoms with Crippen LogP contribution < -0.4 is 5.73 Å². The van der Waals surface area contributed by atoms with E-state index in [1.54, 1.807) is 0 Å². The monoisotopic (exact) mass is 212 g/mol. The normalized spacial score (nSPS) is 14.4. The molecule has 0 rings (SSSR count). The summed E-state index contributed by atoms with van der Waals surface area (Å²) in [5, 5.41) is 0. The van der Waals surface area contributed by atoms with Gasteiger partial charge in [0.1, 0.15) is 0 Å². The zero-order valence-corrected chi connectivity index (χ0v) is 11.5. The van der Waals surface area contributed by atoms with Crippen LogP contribution in [0.3, 0.4) is 0 Å². The Hall–Kier alpha value is -0.530. The van der Waals surface area contributed by atoms with Gasteiger partial charge in [0.05, 0.1) is 5.84 Å². The van der Waals surface area contributed by atoms with Gasteiger partial charge in [-0.2, -0.15) is 0 Å². The Morgan fingerprint density at radius 2 is 1.47 bits per heavy atom. The molecule has 0 aliphatic rings. The summed E-state index contributed by atoms with van der Waals surface area (Å²) in [7, 11) is 0. The van der Waals surface area contributed by atoms with Gasteiger partial charge in [0.15, 0.2) is 0 Å². The fourth-order valence-electron chi connectivity index (χ4n) is 1.63. The first-order chi connectivity index (χ1) is 6.66. The first kappa shape index (κ1) is 14.5. The van der Waals surface area contributed by atoms with Crippen LogP contribution in [0.25, 0.3) is 0 Å². The lowest BCUT2D eigenvalue weighted by atomic mass is 9.85. The average molecular weight is 212 g/mol. The number of amidine groups is 1. The molecule has 0 aliphatic heterocycles. The van der Waals surface area contributed by atoms with E-state index in [0.29, 0.717) is 17.8 Å². The summed E-state index contributed by atoms with van der Waals surface area (Å²) in [6.45, 7) is 16.2. The predicted molar refractivity (Wildman–Crippen MR) is 69.1 cm³/mol. The van der Waals surface area contributed by atoms with Crippen LogP contribution in [0.4, 0.5) is 0 Å². The number of rotatable bonds is 4. The Balaban J connectivity index is 4.46. The van der Waals surface area contributed by atoms with Gasteiger partial charge in [-0.3, -0.25) is 4.99 Å². The van der Waals surface area contributed by atoms with Crippen molar-refractivity contribution in [3.8, 4) is 0 Å². The molecule has 15 heavy (non-hydrogen) atoms. The maximum absolute atomic E-state index is 5.95. The lowest BCUT2D eigenvalue weighted by Gasteiger charge is -2.24. The maximum atomic E-state index is 5.95. The van der Waals surface area contributed by atoms with Gasteiger partial charge in [0, 0.05) is 12.0 Å². The SMILES string of the molecule is CC(C)C(CN=C(N)C(C)(C)C)C(C)C. The van der Waals surface area contributed by atoms with Crippen LogP contribution in [0.15, 0.2) is 4.99 Å². The summed E-state index contributed by atoms with van der Waals surface area (Å²) in [6, 6.07) is 0. The number of hydrogen-bond acceptors (Lipinski definition) is 1. The summed E-state index contributed by atoms with van der Waals surface area (Å²) < 4.78 is 0. The van der Waals surface area contributed by atoms with E-state index in [4.69, 9.17) is 5.73 Å². The van der Waals surface area contributed by atoms with E-state index in [9.17, 15) is 0 Å². The lowest BCUT2D eigenvalue weighted by Crippen LogP contribution is -2.30. The van der Waals surface area contributed by atoms with Crippen molar-refractivity contribution in [2.45, 2.75) is 48.5 Å². The highest BCUT2D eigenvalue weighted by Gasteiger charge is 2.19. The van der Waals surface area contributed by atoms with E-state index in [1.807, 2.05) is 0 Å². The number of nitrogens with two attached hydrogens (primary N) is 1. The van der Waals surface area contributed by atoms with Gasteiger partial charge in [-0.1, -0.05) is 48.5 Å². The van der Waals surface area contributed by atoms with Gasteiger partial charge in [-0.15, -0.1) is 0 Å². The van der Waals surface area contributed by atoms with Gasteiger partial charge >= 0.3 is 0 Å². The largest absolute Gasteiger partial charge is 0.387 e. The molecule has 0 unspecified atom stereocenters. The van der Waals surface area contributed by atoms with Gasteiger partial charge < -0.3 is 5.73 Å². The van der Waals surface area contributed by atoms with Crippen LogP contribution >= 0.6 is 0 Å². The summed E-state index contributed by atoms with van der Waals surface area (Å²) in [5.41, 5.74) is 5.95. The Kier molecular flexibility index (Phi) is 5.33. The second kappa shape index (κ2) is 5.53. The molecule has 0 aromatic carbocycles. The van der Waals surface area contributed by atoms with Gasteiger partial charge in [0.25, 0.3) is 0 Å². The first-order valence-electron chi connectivity index (χ1n) is 5.96. The predicted octanol–water partition coefficient (Wildman–Crippen LogP) is 3.32. The number of nitrogens with zero attached hydrogens (tertiary/aromatic N) is 1. The molecule has 0 aromatic rings. The topological polar surface area (TPSA) is 38.4 Å². The highest BCUT2D eigenvalue weighted by Crippen LogP contribution is 2.21. The van der Waals surface area contributed by atoms with E-state index in [1.165, 1.54) is 0 Å². The highest BCUT2D eigenvalue weighted by molar-refractivity contribution is 5.85. The lowest BCUT2D eigenvalue weighted by molar-refractivity contribution is 0.297. The third kappa shape index (κ3) is 5.19. The zero-order valence-electron chi connectivity index (χ0n) is 11.5. The van der Waals surface area contributed by atoms with Gasteiger partial charge in [-0.25, -0.2) is 0 Å². The second-order valence-corrected chi connectivity index (χ2v) is 6.13. The van der Waals surface area contributed by atoms with E-state index in [-0.39, 0.29) is 5.41 Å². The highest BCUT2D eigenvalue weighted by atomic mass is 14.9. The van der Waals surface area contributed by atoms with Crippen molar-refractivity contribution in [2.24, 2.45) is 33.9 Å². The Morgan fingerprint density at radius 1 is 1.07 bits per heavy atom. The van der Waals surface area contributed by atoms with Crippen molar-refractivity contribution in [3.05, 3.63) is 0 Å². The zero-order chi connectivity index (χ0) is 12.2. The molecule has 2 N–H and O–H groups in total. The minimum Gasteiger partial charge on any atom is -0.387 e. The average Bonchev–Trinajstić information content (AvgIpc) is 2.00. The van der Waals surface area contributed by atoms with Crippen LogP contribution in [0, 0.1) is 23.2 Å². The van der Waals surface area contributed by atoms with Crippen molar-refractivity contribution in [2.75, 3.05) is 6.54 Å². The van der Waals surface area contributed by atoms with Crippen LogP contribution in [-0.4, -0.2) is 12.4 Å². The Bertz CT molecular complexity index is 201. The molecule has 0 radical (unpaired) electrons. The minimum atomic E-state index is -0.00148. The Morgan fingerprint density at radius 3 is 1.73 bits per heavy atom. The molecule has 0 aromatic heterocycles. The third-order valence-corrected chi connectivity index (χ3v) is 2.95. The van der Waals surface area contributed by atoms with Gasteiger partial charge in [-0.05, 0) is 17.8 Å². The smallest absolute Gasteiger partial charge is 0.0991 e. The van der Waals surface area contributed by atoms with Crippen molar-refractivity contribution in [1.82, 2.24) is 0 Å². The molecular weight excluding hydrogens is 184 g/mol. The second-order valence-electron chi connectivity index (χ2n) is 6.13. The van der Waals surface area contributed by atoms with Crippen molar-refractivity contribution in [3.63, 3.8) is 0 Å². The molecular formula is C13H28N2. The van der Waals surface area contributed by atoms with Crippen LogP contribution in [0.1, 0.15) is 48.5 Å². The molecule has 2 nitrogen and oxygen atoms in total. The summed E-state index contributed by atoms with van der Waals surface area (Å²) in [5.74, 6) is 2.74. The molecule has 0 amide bonds. The summed E-state index contributed by atoms with van der Waals surface area (Å²) in [4.78, 5) is 4.53. The maximum Gasteiger partial charge on any atom is 0.0991 e. The molecule has 90 valence electrons. The minimum absolute atomic E-state index is 0.00148. The molecule has 2 heteroatoms. The first-order valence-corrected chi connectivity index (χ1v) is 5.96.